The molecule has 6 heteroatoms. The van der Waals surface area contributed by atoms with Crippen LogP contribution in [0.1, 0.15) is 32.1 Å². The Hall–Kier alpha value is -1.59. The normalized spacial score (nSPS) is 22.1. The van der Waals surface area contributed by atoms with Crippen LogP contribution in [-0.2, 0) is 14.4 Å². The number of hydrogen-bond donors (Lipinski definition) is 1. The van der Waals surface area contributed by atoms with Gasteiger partial charge in [0.25, 0.3) is 0 Å². The highest BCUT2D eigenvalue weighted by molar-refractivity contribution is 5.83. The zero-order valence-electron chi connectivity index (χ0n) is 11.8. The molecule has 0 aliphatic carbocycles. The van der Waals surface area contributed by atoms with Crippen molar-refractivity contribution < 1.29 is 14.4 Å². The van der Waals surface area contributed by atoms with Gasteiger partial charge in [-0.2, -0.15) is 0 Å². The summed E-state index contributed by atoms with van der Waals surface area (Å²) in [6.07, 6.45) is 4.51. The molecule has 112 valence electrons. The maximum Gasteiger partial charge on any atom is 0.223 e. The lowest BCUT2D eigenvalue weighted by Crippen LogP contribution is -2.33. The minimum absolute atomic E-state index is 0.0675. The molecule has 2 saturated heterocycles. The SMILES string of the molecule is O=CN1CCC(CNC(=O)CCC(=O)N2CCCC2)C1. The van der Waals surface area contributed by atoms with Crippen molar-refractivity contribution in [2.45, 2.75) is 32.1 Å². The van der Waals surface area contributed by atoms with Crippen LogP contribution < -0.4 is 5.32 Å². The summed E-state index contributed by atoms with van der Waals surface area (Å²) in [5, 5.41) is 2.86. The number of carbonyl (C=O) groups excluding carboxylic acids is 3. The Labute approximate surface area is 119 Å². The van der Waals surface area contributed by atoms with Crippen molar-refractivity contribution in [3.63, 3.8) is 0 Å². The quantitative estimate of drug-likeness (QED) is 0.696. The zero-order chi connectivity index (χ0) is 14.4. The van der Waals surface area contributed by atoms with Gasteiger partial charge in [-0.3, -0.25) is 14.4 Å². The van der Waals surface area contributed by atoms with E-state index in [2.05, 4.69) is 5.32 Å². The lowest BCUT2D eigenvalue weighted by Gasteiger charge is -2.15. The van der Waals surface area contributed by atoms with E-state index in [0.717, 1.165) is 51.9 Å². The van der Waals surface area contributed by atoms with E-state index in [9.17, 15) is 14.4 Å². The molecule has 20 heavy (non-hydrogen) atoms. The Morgan fingerprint density at radius 3 is 2.55 bits per heavy atom. The molecule has 0 aromatic carbocycles. The summed E-state index contributed by atoms with van der Waals surface area (Å²) >= 11 is 0. The van der Waals surface area contributed by atoms with E-state index in [4.69, 9.17) is 0 Å². The predicted octanol–water partition coefficient (Wildman–Crippen LogP) is -0.0165. The van der Waals surface area contributed by atoms with E-state index in [1.807, 2.05) is 4.90 Å². The van der Waals surface area contributed by atoms with Crippen LogP contribution in [0.2, 0.25) is 0 Å². The van der Waals surface area contributed by atoms with Crippen LogP contribution in [0.4, 0.5) is 0 Å². The minimum Gasteiger partial charge on any atom is -0.356 e. The molecule has 2 heterocycles. The van der Waals surface area contributed by atoms with Gasteiger partial charge in [0.1, 0.15) is 0 Å². The second-order valence-corrected chi connectivity index (χ2v) is 5.65. The van der Waals surface area contributed by atoms with E-state index in [1.54, 1.807) is 4.90 Å². The van der Waals surface area contributed by atoms with Gasteiger partial charge < -0.3 is 15.1 Å². The van der Waals surface area contributed by atoms with Gasteiger partial charge in [0, 0.05) is 45.6 Å². The Morgan fingerprint density at radius 1 is 1.15 bits per heavy atom. The molecule has 0 saturated carbocycles. The number of hydrogen-bond acceptors (Lipinski definition) is 3. The van der Waals surface area contributed by atoms with Gasteiger partial charge in [-0.25, -0.2) is 0 Å². The minimum atomic E-state index is -0.0675. The molecule has 0 aromatic rings. The summed E-state index contributed by atoms with van der Waals surface area (Å²) in [5.41, 5.74) is 0. The predicted molar refractivity (Wildman–Crippen MR) is 73.8 cm³/mol. The van der Waals surface area contributed by atoms with Gasteiger partial charge in [-0.15, -0.1) is 0 Å². The molecule has 0 radical (unpaired) electrons. The van der Waals surface area contributed by atoms with Crippen LogP contribution in [0.15, 0.2) is 0 Å². The molecular weight excluding hydrogens is 258 g/mol. The number of rotatable bonds is 6. The van der Waals surface area contributed by atoms with E-state index >= 15 is 0 Å². The first-order chi connectivity index (χ1) is 9.69. The van der Waals surface area contributed by atoms with Crippen molar-refractivity contribution >= 4 is 18.2 Å². The van der Waals surface area contributed by atoms with Crippen molar-refractivity contribution in [3.8, 4) is 0 Å². The van der Waals surface area contributed by atoms with Crippen molar-refractivity contribution in [1.29, 1.82) is 0 Å². The molecule has 0 bridgehead atoms. The van der Waals surface area contributed by atoms with Crippen LogP contribution in [0.5, 0.6) is 0 Å². The molecule has 2 aliphatic rings. The monoisotopic (exact) mass is 281 g/mol. The molecule has 1 atom stereocenters. The van der Waals surface area contributed by atoms with Gasteiger partial charge in [0.05, 0.1) is 0 Å². The Bertz CT molecular complexity index is 367. The van der Waals surface area contributed by atoms with Crippen molar-refractivity contribution in [2.24, 2.45) is 5.92 Å². The molecule has 3 amide bonds. The van der Waals surface area contributed by atoms with Crippen LogP contribution in [0, 0.1) is 5.92 Å². The number of likely N-dealkylation sites (tertiary alicyclic amines) is 2. The Morgan fingerprint density at radius 2 is 1.90 bits per heavy atom. The fourth-order valence-electron chi connectivity index (χ4n) is 2.82. The molecule has 2 rings (SSSR count). The van der Waals surface area contributed by atoms with E-state index < -0.39 is 0 Å². The summed E-state index contributed by atoms with van der Waals surface area (Å²) in [6, 6.07) is 0. The van der Waals surface area contributed by atoms with E-state index in [1.165, 1.54) is 0 Å². The first-order valence-electron chi connectivity index (χ1n) is 7.43. The first-order valence-corrected chi connectivity index (χ1v) is 7.43. The summed E-state index contributed by atoms with van der Waals surface area (Å²) < 4.78 is 0. The summed E-state index contributed by atoms with van der Waals surface area (Å²) in [6.45, 7) is 3.77. The summed E-state index contributed by atoms with van der Waals surface area (Å²) in [5.74, 6) is 0.367. The number of carbonyl (C=O) groups is 3. The van der Waals surface area contributed by atoms with E-state index in [0.29, 0.717) is 18.9 Å². The molecule has 6 nitrogen and oxygen atoms in total. The highest BCUT2D eigenvalue weighted by Crippen LogP contribution is 2.13. The average molecular weight is 281 g/mol. The lowest BCUT2D eigenvalue weighted by atomic mass is 10.1. The maximum atomic E-state index is 11.8. The largest absolute Gasteiger partial charge is 0.356 e. The third-order valence-electron chi connectivity index (χ3n) is 4.08. The molecule has 2 aliphatic heterocycles. The molecule has 2 fully saturated rings. The lowest BCUT2D eigenvalue weighted by molar-refractivity contribution is -0.132. The van der Waals surface area contributed by atoms with Crippen LogP contribution in [0.3, 0.4) is 0 Å². The Kier molecular flexibility index (Phi) is 5.38. The van der Waals surface area contributed by atoms with E-state index in [-0.39, 0.29) is 18.2 Å². The number of nitrogens with zero attached hydrogens (tertiary/aromatic N) is 2. The highest BCUT2D eigenvalue weighted by atomic mass is 16.2. The number of nitrogens with one attached hydrogen (secondary N) is 1. The molecule has 1 unspecified atom stereocenters. The fraction of sp³-hybridized carbons (Fsp3) is 0.786. The van der Waals surface area contributed by atoms with Gasteiger partial charge in [0.2, 0.25) is 18.2 Å². The topological polar surface area (TPSA) is 69.7 Å². The number of amides is 3. The molecule has 0 aromatic heterocycles. The van der Waals surface area contributed by atoms with Crippen molar-refractivity contribution in [2.75, 3.05) is 32.7 Å². The first kappa shape index (κ1) is 14.8. The fourth-order valence-corrected chi connectivity index (χ4v) is 2.82. The standard InChI is InChI=1S/C14H23N3O3/c18-11-16-8-5-12(10-16)9-15-13(19)3-4-14(20)17-6-1-2-7-17/h11-12H,1-10H2,(H,15,19). The third-order valence-corrected chi connectivity index (χ3v) is 4.08. The molecule has 0 spiro atoms. The van der Waals surface area contributed by atoms with Gasteiger partial charge >= 0.3 is 0 Å². The van der Waals surface area contributed by atoms with Crippen LogP contribution >= 0.6 is 0 Å². The smallest absolute Gasteiger partial charge is 0.223 e. The second-order valence-electron chi connectivity index (χ2n) is 5.65. The third kappa shape index (κ3) is 4.21. The zero-order valence-corrected chi connectivity index (χ0v) is 11.8. The molecule has 1 N–H and O–H groups in total. The van der Waals surface area contributed by atoms with Gasteiger partial charge in [0.15, 0.2) is 0 Å². The van der Waals surface area contributed by atoms with Crippen LogP contribution in [0.25, 0.3) is 0 Å². The average Bonchev–Trinajstić information content (AvgIpc) is 3.13. The second kappa shape index (κ2) is 7.26. The van der Waals surface area contributed by atoms with Crippen LogP contribution in [-0.4, -0.2) is 60.7 Å². The summed E-state index contributed by atoms with van der Waals surface area (Å²) in [4.78, 5) is 37.7. The highest BCUT2D eigenvalue weighted by Gasteiger charge is 2.22. The Balaban J connectivity index is 1.58. The molecular formula is C14H23N3O3. The maximum absolute atomic E-state index is 11.8. The van der Waals surface area contributed by atoms with Crippen molar-refractivity contribution in [1.82, 2.24) is 15.1 Å². The van der Waals surface area contributed by atoms with Gasteiger partial charge in [-0.05, 0) is 25.2 Å². The summed E-state index contributed by atoms with van der Waals surface area (Å²) in [7, 11) is 0. The van der Waals surface area contributed by atoms with Crippen molar-refractivity contribution in [3.05, 3.63) is 0 Å². The van der Waals surface area contributed by atoms with Gasteiger partial charge in [-0.1, -0.05) is 0 Å².